The summed E-state index contributed by atoms with van der Waals surface area (Å²) in [5.41, 5.74) is 1.78. The highest BCUT2D eigenvalue weighted by atomic mass is 19.1. The van der Waals surface area contributed by atoms with E-state index in [-0.39, 0.29) is 5.82 Å². The molecule has 2 nitrogen and oxygen atoms in total. The summed E-state index contributed by atoms with van der Waals surface area (Å²) in [6, 6.07) is 16.3. The van der Waals surface area contributed by atoms with Crippen LogP contribution in [0.2, 0.25) is 0 Å². The van der Waals surface area contributed by atoms with Gasteiger partial charge in [-0.1, -0.05) is 24.3 Å². The molecule has 0 fully saturated rings. The number of halogens is 1. The zero-order valence-corrected chi connectivity index (χ0v) is 9.62. The highest BCUT2D eigenvalue weighted by Crippen LogP contribution is 2.07. The summed E-state index contributed by atoms with van der Waals surface area (Å²) < 4.78 is 16.8. The van der Waals surface area contributed by atoms with Gasteiger partial charge >= 0.3 is 0 Å². The van der Waals surface area contributed by atoms with Crippen molar-refractivity contribution in [3.8, 4) is 11.4 Å². The van der Waals surface area contributed by atoms with E-state index in [0.717, 1.165) is 11.4 Å². The van der Waals surface area contributed by atoms with Gasteiger partial charge in [-0.25, -0.2) is 4.39 Å². The number of para-hydroxylation sites is 1. The number of imidazole rings is 1. The molecule has 0 atom stereocenters. The highest BCUT2D eigenvalue weighted by molar-refractivity contribution is 5.30. The Morgan fingerprint density at radius 3 is 2.61 bits per heavy atom. The average molecular weight is 238 g/mol. The fraction of sp³-hybridized carbons (Fsp3) is 0. The maximum absolute atomic E-state index is 13.1. The van der Waals surface area contributed by atoms with Crippen molar-refractivity contribution >= 4 is 0 Å². The lowest BCUT2D eigenvalue weighted by atomic mass is 10.3. The molecule has 1 aromatic heterocycles. The van der Waals surface area contributed by atoms with Crippen LogP contribution in [-0.2, 0) is 0 Å². The Balaban J connectivity index is 2.00. The van der Waals surface area contributed by atoms with E-state index >= 15 is 0 Å². The van der Waals surface area contributed by atoms with Crippen molar-refractivity contribution in [2.75, 3.05) is 0 Å². The van der Waals surface area contributed by atoms with Crippen LogP contribution in [0.4, 0.5) is 4.39 Å². The van der Waals surface area contributed by atoms with Gasteiger partial charge in [-0.3, -0.25) is 9.13 Å². The van der Waals surface area contributed by atoms with Crippen molar-refractivity contribution in [1.29, 1.82) is 0 Å². The Morgan fingerprint density at radius 2 is 1.83 bits per heavy atom. The molecule has 0 bridgehead atoms. The van der Waals surface area contributed by atoms with Crippen LogP contribution in [0.1, 0.15) is 0 Å². The lowest BCUT2D eigenvalue weighted by Crippen LogP contribution is -2.28. The number of aromatic nitrogens is 2. The van der Waals surface area contributed by atoms with Gasteiger partial charge in [-0.15, -0.1) is 0 Å². The average Bonchev–Trinajstić information content (AvgIpc) is 2.89. The summed E-state index contributed by atoms with van der Waals surface area (Å²) >= 11 is 0. The van der Waals surface area contributed by atoms with E-state index in [1.54, 1.807) is 10.6 Å². The molecule has 0 aliphatic carbocycles. The number of hydrogen-bond donors (Lipinski definition) is 0. The molecular weight excluding hydrogens is 227 g/mol. The van der Waals surface area contributed by atoms with Crippen molar-refractivity contribution in [1.82, 2.24) is 4.57 Å². The summed E-state index contributed by atoms with van der Waals surface area (Å²) in [6.07, 6.45) is 6.88. The first-order valence-electron chi connectivity index (χ1n) is 5.67. The van der Waals surface area contributed by atoms with Crippen LogP contribution in [0.15, 0.2) is 67.0 Å². The largest absolute Gasteiger partial charge is 0.299 e. The van der Waals surface area contributed by atoms with Gasteiger partial charge in [-0.2, -0.15) is 0 Å². The van der Waals surface area contributed by atoms with E-state index in [4.69, 9.17) is 0 Å². The zero-order valence-electron chi connectivity index (χ0n) is 9.62. The molecule has 3 rings (SSSR count). The third-order valence-corrected chi connectivity index (χ3v) is 2.70. The van der Waals surface area contributed by atoms with Crippen molar-refractivity contribution in [3.63, 3.8) is 0 Å². The number of nitrogens with zero attached hydrogens (tertiary/aromatic N) is 2. The van der Waals surface area contributed by atoms with Gasteiger partial charge in [-0.05, 0) is 30.3 Å². The minimum Gasteiger partial charge on any atom is -0.299 e. The number of hydrogen-bond acceptors (Lipinski definition) is 0. The van der Waals surface area contributed by atoms with Crippen LogP contribution in [0.3, 0.4) is 0 Å². The minimum atomic E-state index is -0.249. The van der Waals surface area contributed by atoms with Crippen LogP contribution in [0.25, 0.3) is 11.4 Å². The summed E-state index contributed by atoms with van der Waals surface area (Å²) in [4.78, 5) is 0. The summed E-state index contributed by atoms with van der Waals surface area (Å²) in [7, 11) is 0. The first-order valence-corrected chi connectivity index (χ1v) is 5.67. The van der Waals surface area contributed by atoms with Gasteiger partial charge in [0.15, 0.2) is 0 Å². The van der Waals surface area contributed by atoms with Gasteiger partial charge in [0.25, 0.3) is 6.33 Å². The number of rotatable bonds is 2. The zero-order chi connectivity index (χ0) is 12.4. The van der Waals surface area contributed by atoms with Crippen LogP contribution in [0.5, 0.6) is 0 Å². The maximum atomic E-state index is 13.1. The van der Waals surface area contributed by atoms with Crippen LogP contribution < -0.4 is 4.57 Å². The van der Waals surface area contributed by atoms with E-state index in [1.165, 1.54) is 12.1 Å². The van der Waals surface area contributed by atoms with Crippen LogP contribution in [0, 0.1) is 12.1 Å². The highest BCUT2D eigenvalue weighted by Gasteiger charge is 2.02. The first kappa shape index (κ1) is 10.7. The summed E-state index contributed by atoms with van der Waals surface area (Å²) in [6.45, 7) is 0. The molecule has 1 heterocycles. The molecular formula is C15H11FN2. The molecule has 0 aliphatic rings. The predicted octanol–water partition coefficient (Wildman–Crippen LogP) is 2.69. The van der Waals surface area contributed by atoms with E-state index in [2.05, 4.69) is 6.33 Å². The third-order valence-electron chi connectivity index (χ3n) is 2.70. The molecule has 3 heteroatoms. The van der Waals surface area contributed by atoms with E-state index in [0.29, 0.717) is 0 Å². The Hall–Kier alpha value is -2.42. The number of benzene rings is 2. The van der Waals surface area contributed by atoms with Gasteiger partial charge < -0.3 is 0 Å². The molecule has 0 aliphatic heterocycles. The lowest BCUT2D eigenvalue weighted by molar-refractivity contribution is -0.599. The van der Waals surface area contributed by atoms with E-state index < -0.39 is 0 Å². The predicted molar refractivity (Wildman–Crippen MR) is 66.1 cm³/mol. The second-order valence-electron chi connectivity index (χ2n) is 3.95. The smallest absolute Gasteiger partial charge is 0.268 e. The SMILES string of the molecule is Fc1cccc(-[n+]2[c-]n(-c3ccccc3)cc2)c1. The van der Waals surface area contributed by atoms with Crippen molar-refractivity contribution in [2.24, 2.45) is 0 Å². The molecule has 2 aromatic carbocycles. The lowest BCUT2D eigenvalue weighted by Gasteiger charge is -2.01. The topological polar surface area (TPSA) is 8.81 Å². The van der Waals surface area contributed by atoms with E-state index in [1.807, 2.05) is 53.4 Å². The molecule has 0 unspecified atom stereocenters. The monoisotopic (exact) mass is 238 g/mol. The summed E-state index contributed by atoms with van der Waals surface area (Å²) in [5.74, 6) is -0.249. The Bertz CT molecular complexity index is 659. The molecule has 18 heavy (non-hydrogen) atoms. The Kier molecular flexibility index (Phi) is 2.65. The quantitative estimate of drug-likeness (QED) is 0.479. The minimum absolute atomic E-state index is 0.249. The second kappa shape index (κ2) is 4.45. The fourth-order valence-electron chi connectivity index (χ4n) is 1.82. The molecule has 0 saturated carbocycles. The van der Waals surface area contributed by atoms with Gasteiger partial charge in [0.2, 0.25) is 0 Å². The Morgan fingerprint density at radius 1 is 1.00 bits per heavy atom. The maximum Gasteiger partial charge on any atom is 0.268 e. The molecule has 3 aromatic rings. The van der Waals surface area contributed by atoms with Crippen molar-refractivity contribution in [3.05, 3.63) is 79.1 Å². The van der Waals surface area contributed by atoms with Gasteiger partial charge in [0.1, 0.15) is 5.82 Å². The Labute approximate surface area is 105 Å². The molecule has 0 radical (unpaired) electrons. The molecule has 0 spiro atoms. The molecule has 0 amide bonds. The van der Waals surface area contributed by atoms with Gasteiger partial charge in [0, 0.05) is 12.4 Å². The third kappa shape index (κ3) is 2.02. The van der Waals surface area contributed by atoms with Crippen molar-refractivity contribution < 1.29 is 8.96 Å². The van der Waals surface area contributed by atoms with Crippen LogP contribution >= 0.6 is 0 Å². The van der Waals surface area contributed by atoms with Crippen molar-refractivity contribution in [2.45, 2.75) is 0 Å². The summed E-state index contributed by atoms with van der Waals surface area (Å²) in [5, 5.41) is 0. The van der Waals surface area contributed by atoms with Crippen LogP contribution in [-0.4, -0.2) is 4.57 Å². The first-order chi connectivity index (χ1) is 8.83. The second-order valence-corrected chi connectivity index (χ2v) is 3.95. The molecule has 88 valence electrons. The van der Waals surface area contributed by atoms with Gasteiger partial charge in [0.05, 0.1) is 11.4 Å². The normalized spacial score (nSPS) is 10.5. The molecule has 0 saturated heterocycles. The molecule has 0 N–H and O–H groups in total. The fourth-order valence-corrected chi connectivity index (χ4v) is 1.82. The standard InChI is InChI=1S/C15H11FN2/c16-13-5-4-8-15(11-13)18-10-9-17(12-18)14-6-2-1-3-7-14/h1-11H. The van der Waals surface area contributed by atoms with E-state index in [9.17, 15) is 4.39 Å².